The highest BCUT2D eigenvalue weighted by Gasteiger charge is 2.19. The highest BCUT2D eigenvalue weighted by atomic mass is 79.9. The van der Waals surface area contributed by atoms with Crippen molar-refractivity contribution in [3.8, 4) is 6.07 Å². The van der Waals surface area contributed by atoms with E-state index in [1.54, 1.807) is 6.92 Å². The van der Waals surface area contributed by atoms with Crippen LogP contribution in [0.3, 0.4) is 0 Å². The Morgan fingerprint density at radius 1 is 1.53 bits per heavy atom. The van der Waals surface area contributed by atoms with E-state index in [1.165, 1.54) is 12.1 Å². The number of halogens is 3. The van der Waals surface area contributed by atoms with Crippen LogP contribution < -0.4 is 0 Å². The molecule has 0 aliphatic carbocycles. The van der Waals surface area contributed by atoms with E-state index in [2.05, 4.69) is 15.9 Å². The summed E-state index contributed by atoms with van der Waals surface area (Å²) in [4.78, 5) is 11.4. The van der Waals surface area contributed by atoms with Crippen molar-refractivity contribution in [2.75, 3.05) is 6.61 Å². The lowest BCUT2D eigenvalue weighted by Crippen LogP contribution is -2.10. The largest absolute Gasteiger partial charge is 0.466 e. The fraction of sp³-hybridized carbons (Fsp3) is 0.385. The van der Waals surface area contributed by atoms with E-state index in [0.717, 1.165) is 0 Å². The van der Waals surface area contributed by atoms with Crippen LogP contribution in [0.5, 0.6) is 0 Å². The molecule has 0 bridgehead atoms. The molecule has 0 heterocycles. The van der Waals surface area contributed by atoms with E-state index < -0.39 is 12.4 Å². The van der Waals surface area contributed by atoms with Crippen molar-refractivity contribution in [1.82, 2.24) is 0 Å². The first-order valence-corrected chi connectivity index (χ1v) is 6.71. The molecule has 0 saturated carbocycles. The highest BCUT2D eigenvalue weighted by Crippen LogP contribution is 2.29. The van der Waals surface area contributed by atoms with Gasteiger partial charge in [-0.15, -0.1) is 0 Å². The molecule has 19 heavy (non-hydrogen) atoms. The first-order valence-electron chi connectivity index (χ1n) is 5.59. The summed E-state index contributed by atoms with van der Waals surface area (Å²) < 4.78 is 30.4. The van der Waals surface area contributed by atoms with Crippen LogP contribution in [0.25, 0.3) is 0 Å². The minimum absolute atomic E-state index is 0.0970. The van der Waals surface area contributed by atoms with E-state index in [9.17, 15) is 13.6 Å². The lowest BCUT2D eigenvalue weighted by atomic mass is 9.96. The molecular formula is C13H12BrF2NO2. The van der Waals surface area contributed by atoms with E-state index in [4.69, 9.17) is 10.00 Å². The van der Waals surface area contributed by atoms with Gasteiger partial charge in [-0.2, -0.15) is 5.26 Å². The van der Waals surface area contributed by atoms with Gasteiger partial charge in [-0.3, -0.25) is 4.79 Å². The predicted octanol–water partition coefficient (Wildman–Crippen LogP) is 3.50. The van der Waals surface area contributed by atoms with Gasteiger partial charge in [-0.05, 0) is 18.1 Å². The molecule has 0 amide bonds. The normalized spacial score (nSPS) is 10.3. The van der Waals surface area contributed by atoms with Gasteiger partial charge in [0.2, 0.25) is 0 Å². The second-order valence-corrected chi connectivity index (χ2v) is 4.26. The van der Waals surface area contributed by atoms with Crippen molar-refractivity contribution < 1.29 is 18.3 Å². The number of ether oxygens (including phenoxy) is 1. The smallest absolute Gasteiger partial charge is 0.310 e. The fourth-order valence-electron chi connectivity index (χ4n) is 1.71. The van der Waals surface area contributed by atoms with Crippen molar-refractivity contribution in [2.24, 2.45) is 0 Å². The number of rotatable bonds is 5. The number of esters is 1. The Morgan fingerprint density at radius 2 is 2.21 bits per heavy atom. The van der Waals surface area contributed by atoms with Crippen molar-refractivity contribution in [3.63, 3.8) is 0 Å². The first-order chi connectivity index (χ1) is 9.04. The number of nitrogens with zero attached hydrogens (tertiary/aromatic N) is 1. The molecule has 1 rings (SSSR count). The second-order valence-electron chi connectivity index (χ2n) is 3.70. The molecule has 6 heteroatoms. The zero-order chi connectivity index (χ0) is 14.4. The van der Waals surface area contributed by atoms with Crippen LogP contribution >= 0.6 is 15.9 Å². The van der Waals surface area contributed by atoms with E-state index >= 15 is 0 Å². The number of carbonyl (C=O) groups is 1. The number of hydrogen-bond donors (Lipinski definition) is 0. The molecule has 0 aliphatic heterocycles. The lowest BCUT2D eigenvalue weighted by Gasteiger charge is -2.12. The number of nitriles is 1. The van der Waals surface area contributed by atoms with Gasteiger partial charge in [0, 0.05) is 10.9 Å². The van der Waals surface area contributed by atoms with Crippen molar-refractivity contribution >= 4 is 21.9 Å². The van der Waals surface area contributed by atoms with Crippen LogP contribution in [-0.4, -0.2) is 12.6 Å². The fourth-order valence-corrected chi connectivity index (χ4v) is 2.32. The Kier molecular flexibility index (Phi) is 5.90. The molecule has 0 aliphatic rings. The highest BCUT2D eigenvalue weighted by molar-refractivity contribution is 9.08. The first kappa shape index (κ1) is 15.6. The Balaban J connectivity index is 3.21. The molecule has 1 aromatic rings. The summed E-state index contributed by atoms with van der Waals surface area (Å²) in [5.41, 5.74) is 0.544. The van der Waals surface area contributed by atoms with Gasteiger partial charge in [-0.25, -0.2) is 8.78 Å². The van der Waals surface area contributed by atoms with Crippen LogP contribution in [0.15, 0.2) is 12.1 Å². The van der Waals surface area contributed by atoms with Crippen LogP contribution in [0.4, 0.5) is 8.78 Å². The standard InChI is InChI=1S/C13H12BrF2NO2/c1-2-19-12(18)5-8-3-4-9(13(15)16)10(6-14)11(8)7-17/h3-4,13H,2,5-6H2,1H3. The quantitative estimate of drug-likeness (QED) is 0.613. The molecule has 0 fully saturated rings. The summed E-state index contributed by atoms with van der Waals surface area (Å²) in [6, 6.07) is 4.51. The summed E-state index contributed by atoms with van der Waals surface area (Å²) in [6.45, 7) is 1.91. The van der Waals surface area contributed by atoms with Gasteiger partial charge >= 0.3 is 5.97 Å². The second kappa shape index (κ2) is 7.19. The molecule has 3 nitrogen and oxygen atoms in total. The lowest BCUT2D eigenvalue weighted by molar-refractivity contribution is -0.142. The minimum Gasteiger partial charge on any atom is -0.466 e. The summed E-state index contributed by atoms with van der Waals surface area (Å²) in [6.07, 6.45) is -2.75. The van der Waals surface area contributed by atoms with Gasteiger partial charge in [-0.1, -0.05) is 28.1 Å². The third kappa shape index (κ3) is 3.74. The summed E-state index contributed by atoms with van der Waals surface area (Å²) in [7, 11) is 0. The third-order valence-corrected chi connectivity index (χ3v) is 3.12. The van der Waals surface area contributed by atoms with Gasteiger partial charge in [0.25, 0.3) is 6.43 Å². The summed E-state index contributed by atoms with van der Waals surface area (Å²) in [5.74, 6) is -0.482. The Bertz CT molecular complexity index is 512. The van der Waals surface area contributed by atoms with Crippen LogP contribution in [0.1, 0.15) is 35.6 Å². The molecular weight excluding hydrogens is 320 g/mol. The average Bonchev–Trinajstić information content (AvgIpc) is 2.37. The number of hydrogen-bond acceptors (Lipinski definition) is 3. The van der Waals surface area contributed by atoms with Gasteiger partial charge in [0.15, 0.2) is 0 Å². The molecule has 0 spiro atoms. The van der Waals surface area contributed by atoms with E-state index in [1.807, 2.05) is 6.07 Å². The molecule has 0 unspecified atom stereocenters. The average molecular weight is 332 g/mol. The minimum atomic E-state index is -2.66. The monoisotopic (exact) mass is 331 g/mol. The number of alkyl halides is 3. The SMILES string of the molecule is CCOC(=O)Cc1ccc(C(F)F)c(CBr)c1C#N. The molecule has 0 atom stereocenters. The maximum absolute atomic E-state index is 12.8. The molecule has 0 aromatic heterocycles. The maximum Gasteiger partial charge on any atom is 0.310 e. The molecule has 1 aromatic carbocycles. The zero-order valence-electron chi connectivity index (χ0n) is 10.3. The van der Waals surface area contributed by atoms with Crippen LogP contribution in [-0.2, 0) is 21.3 Å². The molecule has 102 valence electrons. The van der Waals surface area contributed by atoms with Crippen LogP contribution in [0, 0.1) is 11.3 Å². The predicted molar refractivity (Wildman–Crippen MR) is 69.1 cm³/mol. The van der Waals surface area contributed by atoms with Gasteiger partial charge in [0.05, 0.1) is 24.7 Å². The topological polar surface area (TPSA) is 50.1 Å². The van der Waals surface area contributed by atoms with E-state index in [0.29, 0.717) is 5.56 Å². The summed E-state index contributed by atoms with van der Waals surface area (Å²) >= 11 is 3.10. The van der Waals surface area contributed by atoms with Crippen LogP contribution in [0.2, 0.25) is 0 Å². The Hall–Kier alpha value is -1.48. The maximum atomic E-state index is 12.8. The Labute approximate surface area is 118 Å². The molecule has 0 radical (unpaired) electrons. The van der Waals surface area contributed by atoms with Crippen molar-refractivity contribution in [2.45, 2.75) is 25.1 Å². The number of benzene rings is 1. The van der Waals surface area contributed by atoms with E-state index in [-0.39, 0.29) is 35.0 Å². The van der Waals surface area contributed by atoms with Crippen molar-refractivity contribution in [3.05, 3.63) is 34.4 Å². The van der Waals surface area contributed by atoms with Crippen molar-refractivity contribution in [1.29, 1.82) is 5.26 Å². The Morgan fingerprint density at radius 3 is 2.68 bits per heavy atom. The molecule has 0 saturated heterocycles. The van der Waals surface area contributed by atoms with Gasteiger partial charge in [0.1, 0.15) is 0 Å². The van der Waals surface area contributed by atoms with Gasteiger partial charge < -0.3 is 4.74 Å². The third-order valence-electron chi connectivity index (χ3n) is 2.56. The molecule has 0 N–H and O–H groups in total. The zero-order valence-corrected chi connectivity index (χ0v) is 11.8. The summed E-state index contributed by atoms with van der Waals surface area (Å²) in [5, 5.41) is 9.24. The number of carbonyl (C=O) groups excluding carboxylic acids is 1.